The number of hydrogen-bond acceptors (Lipinski definition) is 3. The molecule has 0 saturated carbocycles. The number of rotatable bonds is 4. The molecule has 0 bridgehead atoms. The first-order valence-corrected chi connectivity index (χ1v) is 10.5. The van der Waals surface area contributed by atoms with Gasteiger partial charge >= 0.3 is 5.97 Å². The van der Waals surface area contributed by atoms with Gasteiger partial charge in [0.25, 0.3) is 0 Å². The highest BCUT2D eigenvalue weighted by Gasteiger charge is 2.31. The van der Waals surface area contributed by atoms with Gasteiger partial charge in [0.2, 0.25) is 0 Å². The molecule has 1 fully saturated rings. The van der Waals surface area contributed by atoms with Crippen molar-refractivity contribution in [2.45, 2.75) is 18.9 Å². The van der Waals surface area contributed by atoms with Crippen molar-refractivity contribution in [2.75, 3.05) is 13.1 Å². The van der Waals surface area contributed by atoms with Crippen LogP contribution in [0.15, 0.2) is 58.4 Å². The van der Waals surface area contributed by atoms with Gasteiger partial charge < -0.3 is 5.11 Å². The Hall–Kier alpha value is -1.69. The Bertz CT molecular complexity index is 930. The van der Waals surface area contributed by atoms with Crippen LogP contribution >= 0.6 is 27.3 Å². The van der Waals surface area contributed by atoms with Crippen molar-refractivity contribution in [1.29, 1.82) is 0 Å². The van der Waals surface area contributed by atoms with E-state index in [4.69, 9.17) is 0 Å². The van der Waals surface area contributed by atoms with Crippen molar-refractivity contribution in [3.05, 3.63) is 69.5 Å². The van der Waals surface area contributed by atoms with Crippen LogP contribution in [-0.2, 0) is 4.79 Å². The van der Waals surface area contributed by atoms with E-state index in [0.717, 1.165) is 17.6 Å². The van der Waals surface area contributed by atoms with E-state index < -0.39 is 5.97 Å². The number of fused-ring (bicyclic) bond motifs is 1. The summed E-state index contributed by atoms with van der Waals surface area (Å²) in [5.41, 5.74) is 2.56. The number of aliphatic carboxylic acids is 1. The number of carboxylic acids is 1. The van der Waals surface area contributed by atoms with E-state index in [1.807, 2.05) is 6.07 Å². The Morgan fingerprint density at radius 3 is 2.65 bits per heavy atom. The van der Waals surface area contributed by atoms with Crippen molar-refractivity contribution < 1.29 is 9.90 Å². The minimum atomic E-state index is -0.662. The lowest BCUT2D eigenvalue weighted by molar-refractivity contribution is -0.143. The summed E-state index contributed by atoms with van der Waals surface area (Å²) in [5.74, 6) is -0.877. The summed E-state index contributed by atoms with van der Waals surface area (Å²) in [6.45, 7) is 1.61. The lowest BCUT2D eigenvalue weighted by atomic mass is 9.91. The average molecular weight is 430 g/mol. The third-order valence-electron chi connectivity index (χ3n) is 5.21. The predicted molar refractivity (Wildman–Crippen MR) is 110 cm³/mol. The molecule has 0 amide bonds. The molecule has 0 radical (unpaired) electrons. The zero-order valence-corrected chi connectivity index (χ0v) is 16.7. The highest BCUT2D eigenvalue weighted by molar-refractivity contribution is 9.10. The van der Waals surface area contributed by atoms with Gasteiger partial charge in [-0.05, 0) is 66.0 Å². The van der Waals surface area contributed by atoms with Crippen LogP contribution in [0.2, 0.25) is 0 Å². The van der Waals surface area contributed by atoms with E-state index in [9.17, 15) is 9.90 Å². The van der Waals surface area contributed by atoms with Crippen LogP contribution < -0.4 is 0 Å². The number of nitrogens with zero attached hydrogens (tertiary/aromatic N) is 1. The molecular formula is C21H20BrNO2S. The molecule has 134 valence electrons. The largest absolute Gasteiger partial charge is 0.481 e. The molecule has 1 atom stereocenters. The second-order valence-electron chi connectivity index (χ2n) is 6.79. The molecule has 0 aliphatic carbocycles. The second kappa shape index (κ2) is 7.51. The van der Waals surface area contributed by atoms with E-state index in [2.05, 4.69) is 68.7 Å². The highest BCUT2D eigenvalue weighted by atomic mass is 79.9. The summed E-state index contributed by atoms with van der Waals surface area (Å²) in [4.78, 5) is 13.8. The third-order valence-corrected chi connectivity index (χ3v) is 6.69. The number of likely N-dealkylation sites (tertiary alicyclic amines) is 1. The number of benzene rings is 2. The normalized spacial score (nSPS) is 17.4. The van der Waals surface area contributed by atoms with E-state index in [1.54, 1.807) is 11.3 Å². The summed E-state index contributed by atoms with van der Waals surface area (Å²) in [6.07, 6.45) is 1.42. The molecule has 2 heterocycles. The van der Waals surface area contributed by atoms with Gasteiger partial charge in [0, 0.05) is 9.17 Å². The fourth-order valence-corrected chi connectivity index (χ4v) is 5.28. The van der Waals surface area contributed by atoms with Gasteiger partial charge in [-0.3, -0.25) is 9.69 Å². The van der Waals surface area contributed by atoms with Gasteiger partial charge in [0.05, 0.1) is 12.0 Å². The molecular weight excluding hydrogens is 410 g/mol. The minimum absolute atomic E-state index is 0.151. The fraction of sp³-hybridized carbons (Fsp3) is 0.286. The maximum Gasteiger partial charge on any atom is 0.306 e. The fourth-order valence-electron chi connectivity index (χ4n) is 3.88. The molecule has 1 aromatic heterocycles. The van der Waals surface area contributed by atoms with Gasteiger partial charge in [-0.1, -0.05) is 46.3 Å². The van der Waals surface area contributed by atoms with Crippen LogP contribution in [0, 0.1) is 5.92 Å². The molecule has 0 spiro atoms. The standard InChI is InChI=1S/C21H20BrNO2S/c22-16-5-3-4-15(12-16)20(23-10-8-14(9-11-23)21(24)25)18-13-26-19-7-2-1-6-17(18)19/h1-7,12-14,20H,8-11H2,(H,24,25). The number of carboxylic acid groups (broad SMARTS) is 1. The van der Waals surface area contributed by atoms with Gasteiger partial charge in [0.1, 0.15) is 0 Å². The maximum absolute atomic E-state index is 11.3. The van der Waals surface area contributed by atoms with Gasteiger partial charge in [-0.2, -0.15) is 0 Å². The molecule has 1 N–H and O–H groups in total. The molecule has 3 nitrogen and oxygen atoms in total. The number of hydrogen-bond donors (Lipinski definition) is 1. The number of carbonyl (C=O) groups is 1. The number of halogens is 1. The molecule has 1 aliphatic heterocycles. The van der Waals surface area contributed by atoms with Crippen LogP contribution in [0.5, 0.6) is 0 Å². The third kappa shape index (κ3) is 3.43. The Morgan fingerprint density at radius 1 is 1.15 bits per heavy atom. The Kier molecular flexibility index (Phi) is 5.11. The lowest BCUT2D eigenvalue weighted by Gasteiger charge is -2.37. The zero-order valence-electron chi connectivity index (χ0n) is 14.3. The molecule has 1 unspecified atom stereocenters. The van der Waals surface area contributed by atoms with E-state index in [1.165, 1.54) is 21.2 Å². The number of thiophene rings is 1. The van der Waals surface area contributed by atoms with E-state index >= 15 is 0 Å². The lowest BCUT2D eigenvalue weighted by Crippen LogP contribution is -2.39. The molecule has 2 aromatic carbocycles. The Labute approximate surface area is 165 Å². The summed E-state index contributed by atoms with van der Waals surface area (Å²) >= 11 is 5.38. The molecule has 4 rings (SSSR count). The summed E-state index contributed by atoms with van der Waals surface area (Å²) in [5, 5.41) is 12.9. The van der Waals surface area contributed by atoms with Gasteiger partial charge in [0.15, 0.2) is 0 Å². The van der Waals surface area contributed by atoms with Crippen LogP contribution in [0.25, 0.3) is 10.1 Å². The van der Waals surface area contributed by atoms with Crippen molar-refractivity contribution in [2.24, 2.45) is 5.92 Å². The predicted octanol–water partition coefficient (Wildman–Crippen LogP) is 5.55. The second-order valence-corrected chi connectivity index (χ2v) is 8.62. The van der Waals surface area contributed by atoms with Crippen LogP contribution in [0.4, 0.5) is 0 Å². The quantitative estimate of drug-likeness (QED) is 0.590. The summed E-state index contributed by atoms with van der Waals surface area (Å²) < 4.78 is 2.36. The first kappa shape index (κ1) is 17.7. The monoisotopic (exact) mass is 429 g/mol. The van der Waals surface area contributed by atoms with E-state index in [0.29, 0.717) is 12.8 Å². The highest BCUT2D eigenvalue weighted by Crippen LogP contribution is 2.39. The van der Waals surface area contributed by atoms with Crippen LogP contribution in [0.3, 0.4) is 0 Å². The minimum Gasteiger partial charge on any atom is -0.481 e. The van der Waals surface area contributed by atoms with Crippen molar-refractivity contribution in [1.82, 2.24) is 4.90 Å². The first-order valence-electron chi connectivity index (χ1n) is 8.82. The maximum atomic E-state index is 11.3. The van der Waals surface area contributed by atoms with Gasteiger partial charge in [-0.15, -0.1) is 11.3 Å². The average Bonchev–Trinajstić information content (AvgIpc) is 3.07. The van der Waals surface area contributed by atoms with Crippen LogP contribution in [-0.4, -0.2) is 29.1 Å². The van der Waals surface area contributed by atoms with Crippen molar-refractivity contribution in [3.63, 3.8) is 0 Å². The summed E-state index contributed by atoms with van der Waals surface area (Å²) in [6, 6.07) is 17.1. The topological polar surface area (TPSA) is 40.5 Å². The molecule has 1 saturated heterocycles. The SMILES string of the molecule is O=C(O)C1CCN(C(c2cccc(Br)c2)c2csc3ccccc23)CC1. The number of piperidine rings is 1. The van der Waals surface area contributed by atoms with Crippen molar-refractivity contribution in [3.8, 4) is 0 Å². The Morgan fingerprint density at radius 2 is 1.92 bits per heavy atom. The molecule has 26 heavy (non-hydrogen) atoms. The smallest absolute Gasteiger partial charge is 0.306 e. The molecule has 3 aromatic rings. The van der Waals surface area contributed by atoms with Gasteiger partial charge in [-0.25, -0.2) is 0 Å². The van der Waals surface area contributed by atoms with Crippen LogP contribution in [0.1, 0.15) is 30.0 Å². The summed E-state index contributed by atoms with van der Waals surface area (Å²) in [7, 11) is 0. The zero-order chi connectivity index (χ0) is 18.1. The molecule has 5 heteroatoms. The molecule has 1 aliphatic rings. The van der Waals surface area contributed by atoms with Crippen molar-refractivity contribution >= 4 is 43.3 Å². The Balaban J connectivity index is 1.74. The first-order chi connectivity index (χ1) is 12.6. The van der Waals surface area contributed by atoms with E-state index in [-0.39, 0.29) is 12.0 Å².